The molecule has 1 amide bonds. The quantitative estimate of drug-likeness (QED) is 0.827. The molecule has 0 spiro atoms. The van der Waals surface area contributed by atoms with Crippen molar-refractivity contribution in [3.8, 4) is 0 Å². The minimum absolute atomic E-state index is 0.158. The molecule has 0 aliphatic rings. The predicted octanol–water partition coefficient (Wildman–Crippen LogP) is 0.808. The van der Waals surface area contributed by atoms with Crippen LogP contribution in [0.4, 0.5) is 0 Å². The second kappa shape index (κ2) is 4.40. The molecule has 2 heterocycles. The van der Waals surface area contributed by atoms with Crippen LogP contribution in [0.15, 0.2) is 5.38 Å². The van der Waals surface area contributed by atoms with E-state index in [9.17, 15) is 4.79 Å². The highest BCUT2D eigenvalue weighted by atomic mass is 32.1. The SMILES string of the molecule is Cc1csc(CNC(=O)c2n[nH]c(C)n2)n1. The molecule has 2 rings (SSSR count). The van der Waals surface area contributed by atoms with E-state index in [4.69, 9.17) is 0 Å². The first-order valence-electron chi connectivity index (χ1n) is 4.73. The van der Waals surface area contributed by atoms with Gasteiger partial charge in [-0.05, 0) is 13.8 Å². The molecule has 7 heteroatoms. The van der Waals surface area contributed by atoms with Gasteiger partial charge in [0, 0.05) is 11.1 Å². The Labute approximate surface area is 96.1 Å². The van der Waals surface area contributed by atoms with Crippen LogP contribution in [-0.2, 0) is 6.54 Å². The number of hydrogen-bond donors (Lipinski definition) is 2. The van der Waals surface area contributed by atoms with E-state index >= 15 is 0 Å². The summed E-state index contributed by atoms with van der Waals surface area (Å²) in [4.78, 5) is 19.7. The lowest BCUT2D eigenvalue weighted by molar-refractivity contribution is 0.0941. The first-order chi connectivity index (χ1) is 7.65. The molecule has 2 aromatic rings. The van der Waals surface area contributed by atoms with Gasteiger partial charge in [-0.25, -0.2) is 9.97 Å². The lowest BCUT2D eigenvalue weighted by Crippen LogP contribution is -2.23. The van der Waals surface area contributed by atoms with Crippen molar-refractivity contribution in [1.29, 1.82) is 0 Å². The molecule has 0 fully saturated rings. The number of nitrogens with one attached hydrogen (secondary N) is 2. The molecule has 2 aromatic heterocycles. The summed E-state index contributed by atoms with van der Waals surface area (Å²) in [6, 6.07) is 0. The zero-order valence-electron chi connectivity index (χ0n) is 8.94. The minimum atomic E-state index is -0.294. The molecule has 0 aliphatic carbocycles. The van der Waals surface area contributed by atoms with Crippen molar-refractivity contribution in [2.24, 2.45) is 0 Å². The smallest absolute Gasteiger partial charge is 0.291 e. The summed E-state index contributed by atoms with van der Waals surface area (Å²) in [5.74, 6) is 0.484. The van der Waals surface area contributed by atoms with Crippen LogP contribution in [0.2, 0.25) is 0 Å². The van der Waals surface area contributed by atoms with Gasteiger partial charge in [-0.3, -0.25) is 9.89 Å². The number of aromatic amines is 1. The molecule has 84 valence electrons. The van der Waals surface area contributed by atoms with Crippen LogP contribution in [0.3, 0.4) is 0 Å². The lowest BCUT2D eigenvalue weighted by atomic mass is 10.5. The molecule has 0 atom stereocenters. The van der Waals surface area contributed by atoms with E-state index in [1.54, 1.807) is 6.92 Å². The highest BCUT2D eigenvalue weighted by molar-refractivity contribution is 7.09. The average molecular weight is 237 g/mol. The van der Waals surface area contributed by atoms with Crippen molar-refractivity contribution in [3.05, 3.63) is 27.7 Å². The van der Waals surface area contributed by atoms with Gasteiger partial charge in [0.2, 0.25) is 5.82 Å². The molecule has 2 N–H and O–H groups in total. The van der Waals surface area contributed by atoms with Crippen molar-refractivity contribution in [2.45, 2.75) is 20.4 Å². The Morgan fingerprint density at radius 2 is 2.31 bits per heavy atom. The minimum Gasteiger partial charge on any atom is -0.343 e. The van der Waals surface area contributed by atoms with E-state index in [1.165, 1.54) is 11.3 Å². The monoisotopic (exact) mass is 237 g/mol. The van der Waals surface area contributed by atoms with Crippen LogP contribution in [0.1, 0.15) is 27.1 Å². The van der Waals surface area contributed by atoms with Crippen LogP contribution < -0.4 is 5.32 Å². The second-order valence-corrected chi connectivity index (χ2v) is 4.25. The fourth-order valence-electron chi connectivity index (χ4n) is 1.16. The number of aryl methyl sites for hydroxylation is 2. The number of H-pyrrole nitrogens is 1. The number of aromatic nitrogens is 4. The molecule has 0 aromatic carbocycles. The van der Waals surface area contributed by atoms with Gasteiger partial charge in [-0.2, -0.15) is 0 Å². The molecule has 0 unspecified atom stereocenters. The number of rotatable bonds is 3. The molecule has 6 nitrogen and oxygen atoms in total. The van der Waals surface area contributed by atoms with Crippen LogP contribution in [0, 0.1) is 13.8 Å². The van der Waals surface area contributed by atoms with Crippen LogP contribution in [-0.4, -0.2) is 26.1 Å². The van der Waals surface area contributed by atoms with Gasteiger partial charge in [-0.15, -0.1) is 16.4 Å². The standard InChI is InChI=1S/C9H11N5OS/c1-5-4-16-7(11-5)3-10-9(15)8-12-6(2)13-14-8/h4H,3H2,1-2H3,(H,10,15)(H,12,13,14). The topological polar surface area (TPSA) is 83.6 Å². The van der Waals surface area contributed by atoms with Crippen molar-refractivity contribution in [2.75, 3.05) is 0 Å². The van der Waals surface area contributed by atoms with Crippen molar-refractivity contribution >= 4 is 17.2 Å². The molecular weight excluding hydrogens is 226 g/mol. The highest BCUT2D eigenvalue weighted by Gasteiger charge is 2.11. The first kappa shape index (κ1) is 10.7. The molecular formula is C9H11N5OS. The van der Waals surface area contributed by atoms with Crippen molar-refractivity contribution in [3.63, 3.8) is 0 Å². The molecule has 0 saturated heterocycles. The summed E-state index contributed by atoms with van der Waals surface area (Å²) >= 11 is 1.52. The second-order valence-electron chi connectivity index (χ2n) is 3.31. The average Bonchev–Trinajstić information content (AvgIpc) is 2.84. The Hall–Kier alpha value is -1.76. The summed E-state index contributed by atoms with van der Waals surface area (Å²) in [6.07, 6.45) is 0. The fraction of sp³-hybridized carbons (Fsp3) is 0.333. The normalized spacial score (nSPS) is 10.4. The summed E-state index contributed by atoms with van der Waals surface area (Å²) in [6.45, 7) is 4.07. The van der Waals surface area contributed by atoms with E-state index in [-0.39, 0.29) is 11.7 Å². The Kier molecular flexibility index (Phi) is 2.95. The summed E-state index contributed by atoms with van der Waals surface area (Å²) in [7, 11) is 0. The van der Waals surface area contributed by atoms with Crippen molar-refractivity contribution < 1.29 is 4.79 Å². The zero-order chi connectivity index (χ0) is 11.5. The number of carbonyl (C=O) groups is 1. The molecule has 16 heavy (non-hydrogen) atoms. The van der Waals surface area contributed by atoms with E-state index < -0.39 is 0 Å². The summed E-state index contributed by atoms with van der Waals surface area (Å²) in [5.41, 5.74) is 0.961. The number of thiazole rings is 1. The fourth-order valence-corrected chi connectivity index (χ4v) is 1.87. The van der Waals surface area contributed by atoms with Gasteiger partial charge >= 0.3 is 0 Å². The van der Waals surface area contributed by atoms with Crippen LogP contribution in [0.5, 0.6) is 0 Å². The third-order valence-electron chi connectivity index (χ3n) is 1.87. The number of hydrogen-bond acceptors (Lipinski definition) is 5. The lowest BCUT2D eigenvalue weighted by Gasteiger charge is -1.98. The third kappa shape index (κ3) is 2.43. The maximum absolute atomic E-state index is 11.6. The van der Waals surface area contributed by atoms with Gasteiger partial charge in [-0.1, -0.05) is 0 Å². The third-order valence-corrected chi connectivity index (χ3v) is 2.83. The molecule has 0 saturated carbocycles. The van der Waals surface area contributed by atoms with E-state index in [1.807, 2.05) is 12.3 Å². The first-order valence-corrected chi connectivity index (χ1v) is 5.61. The Bertz CT molecular complexity index is 503. The molecule has 0 aliphatic heterocycles. The van der Waals surface area contributed by atoms with Crippen LogP contribution in [0.25, 0.3) is 0 Å². The van der Waals surface area contributed by atoms with Gasteiger partial charge < -0.3 is 5.32 Å². The molecule has 0 bridgehead atoms. The Morgan fingerprint density at radius 3 is 2.88 bits per heavy atom. The maximum Gasteiger partial charge on any atom is 0.291 e. The van der Waals surface area contributed by atoms with Crippen LogP contribution >= 0.6 is 11.3 Å². The highest BCUT2D eigenvalue weighted by Crippen LogP contribution is 2.07. The van der Waals surface area contributed by atoms with Gasteiger partial charge in [0.25, 0.3) is 5.91 Å². The van der Waals surface area contributed by atoms with E-state index in [2.05, 4.69) is 25.5 Å². The maximum atomic E-state index is 11.6. The van der Waals surface area contributed by atoms with Gasteiger partial charge in [0.05, 0.1) is 6.54 Å². The zero-order valence-corrected chi connectivity index (χ0v) is 9.76. The summed E-state index contributed by atoms with van der Waals surface area (Å²) < 4.78 is 0. The number of amides is 1. The number of nitrogens with zero attached hydrogens (tertiary/aromatic N) is 3. The Balaban J connectivity index is 1.93. The van der Waals surface area contributed by atoms with Gasteiger partial charge in [0.15, 0.2) is 0 Å². The number of carbonyl (C=O) groups excluding carboxylic acids is 1. The summed E-state index contributed by atoms with van der Waals surface area (Å²) in [5, 5.41) is 11.9. The Morgan fingerprint density at radius 1 is 1.50 bits per heavy atom. The van der Waals surface area contributed by atoms with Gasteiger partial charge in [0.1, 0.15) is 10.8 Å². The van der Waals surface area contributed by atoms with Crippen molar-refractivity contribution in [1.82, 2.24) is 25.5 Å². The van der Waals surface area contributed by atoms with E-state index in [0.717, 1.165) is 10.7 Å². The van der Waals surface area contributed by atoms with E-state index in [0.29, 0.717) is 12.4 Å². The largest absolute Gasteiger partial charge is 0.343 e. The molecule has 0 radical (unpaired) electrons. The predicted molar refractivity (Wildman–Crippen MR) is 59.1 cm³/mol.